The van der Waals surface area contributed by atoms with E-state index in [9.17, 15) is 8.42 Å². The average molecular weight is 424 g/mol. The van der Waals surface area contributed by atoms with Gasteiger partial charge in [-0.2, -0.15) is 4.31 Å². The van der Waals surface area contributed by atoms with Gasteiger partial charge in [0, 0.05) is 25.8 Å². The Morgan fingerprint density at radius 2 is 1.82 bits per heavy atom. The van der Waals surface area contributed by atoms with Crippen LogP contribution in [0.1, 0.15) is 5.56 Å². The minimum atomic E-state index is -3.55. The molecule has 0 bridgehead atoms. The Labute approximate surface area is 171 Å². The molecule has 0 amide bonds. The zero-order valence-corrected chi connectivity index (χ0v) is 17.7. The lowest BCUT2D eigenvalue weighted by atomic mass is 10.2. The summed E-state index contributed by atoms with van der Waals surface area (Å²) in [5.41, 5.74) is 1.13. The van der Waals surface area contributed by atoms with Crippen molar-refractivity contribution in [1.82, 2.24) is 13.8 Å². The predicted molar refractivity (Wildman–Crippen MR) is 109 cm³/mol. The fraction of sp³-hybridized carbons (Fsp3) is 0.421. The summed E-state index contributed by atoms with van der Waals surface area (Å²) in [4.78, 5) is 2.32. The largest absolute Gasteiger partial charge is 0.497 e. The van der Waals surface area contributed by atoms with Crippen molar-refractivity contribution in [3.63, 3.8) is 0 Å². The first-order chi connectivity index (χ1) is 13.4. The molecule has 2 heterocycles. The zero-order valence-electron chi connectivity index (χ0n) is 16.1. The number of nitrogens with zero attached hydrogens (tertiary/aromatic N) is 3. The molecule has 152 valence electrons. The minimum Gasteiger partial charge on any atom is -0.497 e. The monoisotopic (exact) mass is 423 g/mol. The number of sulfonamides is 1. The number of methoxy groups -OCH3 is 1. The summed E-state index contributed by atoms with van der Waals surface area (Å²) in [6.07, 6.45) is 1.62. The maximum absolute atomic E-state index is 12.9. The molecule has 0 atom stereocenters. The fourth-order valence-electron chi connectivity index (χ4n) is 3.06. The first-order valence-corrected chi connectivity index (χ1v) is 10.8. The van der Waals surface area contributed by atoms with E-state index >= 15 is 0 Å². The van der Waals surface area contributed by atoms with Gasteiger partial charge in [0.05, 0.1) is 31.9 Å². The summed E-state index contributed by atoms with van der Waals surface area (Å²) in [5.74, 6) is 0.814. The third-order valence-electron chi connectivity index (χ3n) is 4.57. The zero-order chi connectivity index (χ0) is 20.1. The van der Waals surface area contributed by atoms with Crippen molar-refractivity contribution in [2.24, 2.45) is 0 Å². The molecule has 3 rings (SSSR count). The fourth-order valence-corrected chi connectivity index (χ4v) is 4.67. The van der Waals surface area contributed by atoms with Crippen molar-refractivity contribution in [3.8, 4) is 5.75 Å². The summed E-state index contributed by atoms with van der Waals surface area (Å²) in [5, 5.41) is 0. The molecule has 1 aromatic carbocycles. The molecular weight excluding hydrogens is 398 g/mol. The standard InChI is InChI=1S/C19H25N3O4S2/c1-20(13-16-3-5-17(25-2)6-4-16)15-21-14-18(7-8-19(21)27)28(23,24)22-9-11-26-12-10-22/h3-8,14H,9-13,15H2,1-2H3. The maximum atomic E-state index is 12.9. The lowest BCUT2D eigenvalue weighted by molar-refractivity contribution is 0.0730. The van der Waals surface area contributed by atoms with Crippen molar-refractivity contribution >= 4 is 22.2 Å². The van der Waals surface area contributed by atoms with Crippen LogP contribution in [0.15, 0.2) is 47.5 Å². The van der Waals surface area contributed by atoms with Crippen LogP contribution in [-0.4, -0.2) is 62.7 Å². The van der Waals surface area contributed by atoms with E-state index in [0.29, 0.717) is 44.2 Å². The highest BCUT2D eigenvalue weighted by Gasteiger charge is 2.26. The van der Waals surface area contributed by atoms with Crippen LogP contribution >= 0.6 is 12.2 Å². The normalized spacial score (nSPS) is 15.7. The third kappa shape index (κ3) is 4.98. The number of pyridine rings is 1. The molecule has 1 aliphatic rings. The molecule has 0 radical (unpaired) electrons. The molecule has 0 N–H and O–H groups in total. The van der Waals surface area contributed by atoms with Crippen LogP contribution in [0.3, 0.4) is 0 Å². The van der Waals surface area contributed by atoms with Crippen molar-refractivity contribution in [2.45, 2.75) is 18.1 Å². The highest BCUT2D eigenvalue weighted by molar-refractivity contribution is 7.89. The summed E-state index contributed by atoms with van der Waals surface area (Å²) in [6.45, 7) is 2.76. The van der Waals surface area contributed by atoms with Crippen LogP contribution in [0.4, 0.5) is 0 Å². The Balaban J connectivity index is 1.74. The molecular formula is C19H25N3O4S2. The minimum absolute atomic E-state index is 0.251. The molecule has 1 saturated heterocycles. The number of rotatable bonds is 7. The first kappa shape index (κ1) is 20.9. The highest BCUT2D eigenvalue weighted by atomic mass is 32.2. The van der Waals surface area contributed by atoms with Crippen molar-refractivity contribution in [1.29, 1.82) is 0 Å². The number of aromatic nitrogens is 1. The van der Waals surface area contributed by atoms with Gasteiger partial charge in [0.15, 0.2) is 0 Å². The molecule has 2 aromatic rings. The van der Waals surface area contributed by atoms with Crippen molar-refractivity contribution < 1.29 is 17.9 Å². The van der Waals surface area contributed by atoms with Gasteiger partial charge in [-0.1, -0.05) is 24.4 Å². The summed E-state index contributed by atoms with van der Waals surface area (Å²) in [7, 11) is 0.0573. The highest BCUT2D eigenvalue weighted by Crippen LogP contribution is 2.18. The second kappa shape index (κ2) is 9.15. The molecule has 7 nitrogen and oxygen atoms in total. The Morgan fingerprint density at radius 1 is 1.14 bits per heavy atom. The molecule has 1 aliphatic heterocycles. The molecule has 28 heavy (non-hydrogen) atoms. The van der Waals surface area contributed by atoms with Crippen molar-refractivity contribution in [2.75, 3.05) is 40.5 Å². The first-order valence-electron chi connectivity index (χ1n) is 9.00. The maximum Gasteiger partial charge on any atom is 0.244 e. The number of benzene rings is 1. The summed E-state index contributed by atoms with van der Waals surface area (Å²) >= 11 is 5.40. The van der Waals surface area contributed by atoms with Crippen LogP contribution in [0.25, 0.3) is 0 Å². The number of hydrogen-bond acceptors (Lipinski definition) is 6. The van der Waals surface area contributed by atoms with Crippen molar-refractivity contribution in [3.05, 3.63) is 52.8 Å². The third-order valence-corrected chi connectivity index (χ3v) is 6.82. The van der Waals surface area contributed by atoms with Gasteiger partial charge < -0.3 is 14.0 Å². The lowest BCUT2D eigenvalue weighted by Gasteiger charge is -2.26. The number of ether oxygens (including phenoxy) is 2. The van der Waals surface area contributed by atoms with E-state index in [0.717, 1.165) is 11.3 Å². The summed E-state index contributed by atoms with van der Waals surface area (Å²) < 4.78 is 40.0. The molecule has 0 aliphatic carbocycles. The van der Waals surface area contributed by atoms with Gasteiger partial charge in [-0.3, -0.25) is 4.90 Å². The number of hydrogen-bond donors (Lipinski definition) is 0. The molecule has 9 heteroatoms. The SMILES string of the molecule is COc1ccc(CN(C)Cn2cc(S(=O)(=O)N3CCOCC3)ccc2=S)cc1. The second-order valence-corrected chi connectivity index (χ2v) is 9.05. The van der Waals surface area contributed by atoms with Gasteiger partial charge in [-0.25, -0.2) is 8.42 Å². The molecule has 0 spiro atoms. The van der Waals surface area contributed by atoms with Gasteiger partial charge >= 0.3 is 0 Å². The Morgan fingerprint density at radius 3 is 2.46 bits per heavy atom. The second-order valence-electron chi connectivity index (χ2n) is 6.69. The smallest absolute Gasteiger partial charge is 0.244 e. The Bertz CT molecular complexity index is 952. The summed E-state index contributed by atoms with van der Waals surface area (Å²) in [6, 6.07) is 11.1. The lowest BCUT2D eigenvalue weighted by Crippen LogP contribution is -2.40. The van der Waals surface area contributed by atoms with E-state index in [2.05, 4.69) is 4.90 Å². The molecule has 1 fully saturated rings. The van der Waals surface area contributed by atoms with E-state index in [4.69, 9.17) is 21.7 Å². The van der Waals surface area contributed by atoms with Crippen LogP contribution in [0, 0.1) is 4.64 Å². The van der Waals surface area contributed by atoms with Gasteiger partial charge in [-0.15, -0.1) is 0 Å². The van der Waals surface area contributed by atoms with E-state index in [1.807, 2.05) is 31.3 Å². The van der Waals surface area contributed by atoms with Crippen LogP contribution < -0.4 is 4.74 Å². The Hall–Kier alpha value is -1.78. The average Bonchev–Trinajstić information content (AvgIpc) is 2.70. The quantitative estimate of drug-likeness (QED) is 0.637. The van der Waals surface area contributed by atoms with Gasteiger partial charge in [0.2, 0.25) is 10.0 Å². The Kier molecular flexibility index (Phi) is 6.84. The van der Waals surface area contributed by atoms with Gasteiger partial charge in [-0.05, 0) is 36.9 Å². The molecule has 0 saturated carbocycles. The van der Waals surface area contributed by atoms with Crippen LogP contribution in [0.2, 0.25) is 0 Å². The van der Waals surface area contributed by atoms with E-state index in [1.54, 1.807) is 30.0 Å². The van der Waals surface area contributed by atoms with Crippen LogP contribution in [-0.2, 0) is 28.0 Å². The van der Waals surface area contributed by atoms with E-state index in [-0.39, 0.29) is 4.90 Å². The topological polar surface area (TPSA) is 64.0 Å². The molecule has 0 unspecified atom stereocenters. The van der Waals surface area contributed by atoms with E-state index in [1.165, 1.54) is 4.31 Å². The van der Waals surface area contributed by atoms with E-state index < -0.39 is 10.0 Å². The predicted octanol–water partition coefficient (Wildman–Crippen LogP) is 2.34. The van der Waals surface area contributed by atoms with Gasteiger partial charge in [0.25, 0.3) is 0 Å². The number of morpholine rings is 1. The van der Waals surface area contributed by atoms with Crippen LogP contribution in [0.5, 0.6) is 5.75 Å². The van der Waals surface area contributed by atoms with Gasteiger partial charge in [0.1, 0.15) is 10.4 Å². The molecule has 1 aromatic heterocycles.